The van der Waals surface area contributed by atoms with E-state index in [1.165, 1.54) is 17.6 Å². The number of ether oxygens (including phenoxy) is 1. The molecule has 1 aliphatic rings. The third-order valence-corrected chi connectivity index (χ3v) is 4.83. The average Bonchev–Trinajstić information content (AvgIpc) is 3.17. The van der Waals surface area contributed by atoms with Gasteiger partial charge >= 0.3 is 6.18 Å². The van der Waals surface area contributed by atoms with Crippen molar-refractivity contribution in [2.75, 3.05) is 25.1 Å². The maximum Gasteiger partial charge on any atom is 0.417 e. The first-order valence-corrected chi connectivity index (χ1v) is 7.38. The number of hydrogen-bond acceptors (Lipinski definition) is 7. The summed E-state index contributed by atoms with van der Waals surface area (Å²) in [5.41, 5.74) is -1.51. The fourth-order valence-corrected chi connectivity index (χ4v) is 3.29. The molecule has 120 valence electrons. The second-order valence-electron chi connectivity index (χ2n) is 4.96. The fourth-order valence-electron chi connectivity index (χ4n) is 2.43. The first-order chi connectivity index (χ1) is 10.5. The van der Waals surface area contributed by atoms with Crippen molar-refractivity contribution in [2.45, 2.75) is 24.6 Å². The fraction of sp³-hybridized carbons (Fsp3) is 0.583. The van der Waals surface area contributed by atoms with E-state index < -0.39 is 11.8 Å². The van der Waals surface area contributed by atoms with Crippen molar-refractivity contribution in [1.82, 2.24) is 15.4 Å². The molecule has 0 amide bonds. The highest BCUT2D eigenvalue weighted by atomic mass is 32.1. The first-order valence-electron chi connectivity index (χ1n) is 6.56. The number of anilines is 1. The molecule has 0 radical (unpaired) electrons. The minimum Gasteiger partial charge on any atom is -0.369 e. The highest BCUT2D eigenvalue weighted by molar-refractivity contribution is 7.18. The summed E-state index contributed by atoms with van der Waals surface area (Å²) in [5.74, 6) is 0. The van der Waals surface area contributed by atoms with Crippen LogP contribution in [-0.2, 0) is 4.74 Å². The third kappa shape index (κ3) is 2.56. The van der Waals surface area contributed by atoms with Gasteiger partial charge in [-0.3, -0.25) is 0 Å². The topological polar surface area (TPSA) is 64.3 Å². The molecule has 0 aromatic carbocycles. The number of aromatic nitrogens is 3. The molecule has 6 nitrogen and oxygen atoms in total. The Morgan fingerprint density at radius 1 is 1.32 bits per heavy atom. The predicted molar refractivity (Wildman–Crippen MR) is 72.6 cm³/mol. The Morgan fingerprint density at radius 2 is 2.05 bits per heavy atom. The Balaban J connectivity index is 1.72. The number of piperidine rings is 1. The molecular weight excluding hydrogens is 321 g/mol. The lowest BCUT2D eigenvalue weighted by molar-refractivity contribution is -0.276. The molecule has 1 aliphatic heterocycles. The van der Waals surface area contributed by atoms with Gasteiger partial charge in [-0.2, -0.15) is 13.2 Å². The molecule has 0 N–H and O–H groups in total. The molecule has 0 aliphatic carbocycles. The van der Waals surface area contributed by atoms with E-state index in [1.807, 2.05) is 0 Å². The highest BCUT2D eigenvalue weighted by Gasteiger charge is 2.56. The van der Waals surface area contributed by atoms with Crippen molar-refractivity contribution in [1.29, 1.82) is 0 Å². The second-order valence-corrected chi connectivity index (χ2v) is 5.91. The lowest BCUT2D eigenvalue weighted by Crippen LogP contribution is -2.54. The Bertz CT molecular complexity index is 621. The van der Waals surface area contributed by atoms with E-state index in [0.717, 1.165) is 7.11 Å². The minimum absolute atomic E-state index is 0.133. The van der Waals surface area contributed by atoms with Gasteiger partial charge in [-0.25, -0.2) is 0 Å². The summed E-state index contributed by atoms with van der Waals surface area (Å²) >= 11 is 1.27. The number of hydrogen-bond donors (Lipinski definition) is 0. The zero-order chi connectivity index (χ0) is 15.8. The van der Waals surface area contributed by atoms with Gasteiger partial charge in [-0.05, 0) is 0 Å². The van der Waals surface area contributed by atoms with Gasteiger partial charge in [0.2, 0.25) is 5.13 Å². The SMILES string of the molecule is COC1(C(F)(F)F)CCN(c2nnc(-c3ccon3)s2)CC1. The molecule has 2 aromatic heterocycles. The zero-order valence-electron chi connectivity index (χ0n) is 11.6. The van der Waals surface area contributed by atoms with Crippen LogP contribution in [0.5, 0.6) is 0 Å². The standard InChI is InChI=1S/C12H13F3N4O2S/c1-20-11(12(13,14)15)3-5-19(6-4-11)10-17-16-9(22-10)8-2-7-21-18-8/h2,7H,3-6H2,1H3. The molecule has 3 rings (SSSR count). The molecule has 1 saturated heterocycles. The Kier molecular flexibility index (Phi) is 3.81. The number of rotatable bonds is 3. The lowest BCUT2D eigenvalue weighted by Gasteiger charge is -2.41. The van der Waals surface area contributed by atoms with Gasteiger partial charge in [0, 0.05) is 39.1 Å². The summed E-state index contributed by atoms with van der Waals surface area (Å²) in [7, 11) is 1.11. The number of methoxy groups -OCH3 is 1. The lowest BCUT2D eigenvalue weighted by atomic mass is 9.90. The van der Waals surface area contributed by atoms with E-state index >= 15 is 0 Å². The molecule has 2 aromatic rings. The maximum atomic E-state index is 13.1. The van der Waals surface area contributed by atoms with Crippen LogP contribution in [0.4, 0.5) is 18.3 Å². The van der Waals surface area contributed by atoms with Gasteiger partial charge in [-0.15, -0.1) is 10.2 Å². The number of nitrogens with zero attached hydrogens (tertiary/aromatic N) is 4. The second kappa shape index (κ2) is 5.51. The van der Waals surface area contributed by atoms with E-state index in [4.69, 9.17) is 9.26 Å². The summed E-state index contributed by atoms with van der Waals surface area (Å²) in [6.07, 6.45) is -3.22. The van der Waals surface area contributed by atoms with E-state index in [-0.39, 0.29) is 25.9 Å². The van der Waals surface area contributed by atoms with Crippen LogP contribution >= 0.6 is 11.3 Å². The smallest absolute Gasteiger partial charge is 0.369 e. The molecular formula is C12H13F3N4O2S. The molecule has 0 spiro atoms. The van der Waals surface area contributed by atoms with E-state index in [9.17, 15) is 13.2 Å². The van der Waals surface area contributed by atoms with Crippen LogP contribution in [0.3, 0.4) is 0 Å². The number of halogens is 3. The van der Waals surface area contributed by atoms with E-state index in [2.05, 4.69) is 15.4 Å². The summed E-state index contributed by atoms with van der Waals surface area (Å²) in [5, 5.41) is 12.9. The Morgan fingerprint density at radius 3 is 2.59 bits per heavy atom. The van der Waals surface area contributed by atoms with Crippen molar-refractivity contribution < 1.29 is 22.4 Å². The van der Waals surface area contributed by atoms with Crippen LogP contribution in [-0.4, -0.2) is 47.3 Å². The molecule has 0 saturated carbocycles. The van der Waals surface area contributed by atoms with Crippen LogP contribution in [0, 0.1) is 0 Å². The van der Waals surface area contributed by atoms with Crippen molar-refractivity contribution >= 4 is 16.5 Å². The van der Waals surface area contributed by atoms with Crippen LogP contribution in [0.2, 0.25) is 0 Å². The molecule has 3 heterocycles. The third-order valence-electron chi connectivity index (χ3n) is 3.82. The van der Waals surface area contributed by atoms with E-state index in [0.29, 0.717) is 15.8 Å². The van der Waals surface area contributed by atoms with Crippen molar-refractivity contribution in [3.8, 4) is 10.7 Å². The van der Waals surface area contributed by atoms with Crippen LogP contribution in [0.15, 0.2) is 16.9 Å². The van der Waals surface area contributed by atoms with Gasteiger partial charge in [0.1, 0.15) is 12.0 Å². The molecule has 10 heteroatoms. The van der Waals surface area contributed by atoms with Gasteiger partial charge in [0.05, 0.1) is 0 Å². The van der Waals surface area contributed by atoms with Gasteiger partial charge in [-0.1, -0.05) is 16.5 Å². The molecule has 1 fully saturated rings. The molecule has 0 atom stereocenters. The van der Waals surface area contributed by atoms with Crippen molar-refractivity contribution in [2.24, 2.45) is 0 Å². The van der Waals surface area contributed by atoms with Gasteiger partial charge in [0.25, 0.3) is 0 Å². The minimum atomic E-state index is -4.37. The van der Waals surface area contributed by atoms with Crippen LogP contribution in [0.1, 0.15) is 12.8 Å². The largest absolute Gasteiger partial charge is 0.417 e. The highest BCUT2D eigenvalue weighted by Crippen LogP contribution is 2.42. The Hall–Kier alpha value is -1.68. The summed E-state index contributed by atoms with van der Waals surface area (Å²) < 4.78 is 48.9. The quantitative estimate of drug-likeness (QED) is 0.860. The van der Waals surface area contributed by atoms with E-state index in [1.54, 1.807) is 11.0 Å². The maximum absolute atomic E-state index is 13.1. The summed E-state index contributed by atoms with van der Waals surface area (Å²) in [6.45, 7) is 0.418. The van der Waals surface area contributed by atoms with Crippen LogP contribution in [0.25, 0.3) is 10.7 Å². The molecule has 0 bridgehead atoms. The normalized spacial score (nSPS) is 18.6. The molecule has 0 unspecified atom stereocenters. The summed E-state index contributed by atoms with van der Waals surface area (Å²) in [4.78, 5) is 1.78. The van der Waals surface area contributed by atoms with Crippen molar-refractivity contribution in [3.63, 3.8) is 0 Å². The van der Waals surface area contributed by atoms with Crippen LogP contribution < -0.4 is 4.90 Å². The first kappa shape index (κ1) is 15.2. The Labute approximate surface area is 127 Å². The monoisotopic (exact) mass is 334 g/mol. The number of alkyl halides is 3. The predicted octanol–water partition coefficient (Wildman–Crippen LogP) is 2.74. The van der Waals surface area contributed by atoms with Gasteiger partial charge < -0.3 is 14.2 Å². The molecule has 22 heavy (non-hydrogen) atoms. The average molecular weight is 334 g/mol. The zero-order valence-corrected chi connectivity index (χ0v) is 12.4. The van der Waals surface area contributed by atoms with Gasteiger partial charge in [0.15, 0.2) is 10.6 Å². The van der Waals surface area contributed by atoms with Crippen molar-refractivity contribution in [3.05, 3.63) is 12.3 Å². The summed E-state index contributed by atoms with van der Waals surface area (Å²) in [6, 6.07) is 1.65.